The van der Waals surface area contributed by atoms with E-state index in [9.17, 15) is 0 Å². The van der Waals surface area contributed by atoms with E-state index < -0.39 is 0 Å². The van der Waals surface area contributed by atoms with E-state index in [1.165, 1.54) is 5.69 Å². The molecule has 0 spiro atoms. The molecule has 3 rings (SSSR count). The highest BCUT2D eigenvalue weighted by atomic mass is 32.2. The number of methoxy groups -OCH3 is 1. The van der Waals surface area contributed by atoms with Gasteiger partial charge in [-0.05, 0) is 32.9 Å². The Bertz CT molecular complexity index is 840. The molecule has 0 fully saturated rings. The van der Waals surface area contributed by atoms with Crippen LogP contribution >= 0.6 is 11.8 Å². The van der Waals surface area contributed by atoms with Gasteiger partial charge < -0.3 is 13.7 Å². The van der Waals surface area contributed by atoms with Crippen molar-refractivity contribution in [2.75, 3.05) is 13.7 Å². The van der Waals surface area contributed by atoms with Crippen molar-refractivity contribution in [1.29, 1.82) is 0 Å². The zero-order valence-electron chi connectivity index (χ0n) is 15.1. The normalized spacial score (nSPS) is 11.2. The van der Waals surface area contributed by atoms with Gasteiger partial charge in [0.05, 0.1) is 18.0 Å². The Labute approximate surface area is 152 Å². The Morgan fingerprint density at radius 2 is 1.88 bits per heavy atom. The van der Waals surface area contributed by atoms with Crippen LogP contribution in [0.1, 0.15) is 22.8 Å². The summed E-state index contributed by atoms with van der Waals surface area (Å²) in [5, 5.41) is 0.996. The number of nitrogens with zero attached hydrogens (tertiary/aromatic N) is 3. The summed E-state index contributed by atoms with van der Waals surface area (Å²) < 4.78 is 13.3. The number of aryl methyl sites for hydroxylation is 2. The molecule has 132 valence electrons. The Balaban J connectivity index is 1.76. The number of rotatable bonds is 7. The highest BCUT2D eigenvalue weighted by molar-refractivity contribution is 7.98. The quantitative estimate of drug-likeness (QED) is 0.587. The maximum absolute atomic E-state index is 5.84. The monoisotopic (exact) mass is 357 g/mol. The van der Waals surface area contributed by atoms with E-state index >= 15 is 0 Å². The van der Waals surface area contributed by atoms with Crippen molar-refractivity contribution in [3.8, 4) is 11.5 Å². The number of hydrogen-bond donors (Lipinski definition) is 0. The molecule has 2 heterocycles. The average molecular weight is 357 g/mol. The SMILES string of the molecule is COCCn1c(SCc2nc(-c3ccccc3)oc2C)nc(C)c1C. The van der Waals surface area contributed by atoms with Gasteiger partial charge in [0.2, 0.25) is 5.89 Å². The number of hydrogen-bond acceptors (Lipinski definition) is 5. The second-order valence-corrected chi connectivity index (χ2v) is 6.83. The van der Waals surface area contributed by atoms with Crippen LogP contribution in [0, 0.1) is 20.8 Å². The van der Waals surface area contributed by atoms with E-state index in [1.54, 1.807) is 18.9 Å². The van der Waals surface area contributed by atoms with Gasteiger partial charge in [-0.3, -0.25) is 0 Å². The van der Waals surface area contributed by atoms with Crippen LogP contribution < -0.4 is 0 Å². The van der Waals surface area contributed by atoms with E-state index in [1.807, 2.05) is 44.2 Å². The summed E-state index contributed by atoms with van der Waals surface area (Å²) >= 11 is 1.68. The average Bonchev–Trinajstić information content (AvgIpc) is 3.12. The largest absolute Gasteiger partial charge is 0.441 e. The summed E-state index contributed by atoms with van der Waals surface area (Å²) in [7, 11) is 1.72. The topological polar surface area (TPSA) is 53.1 Å². The molecule has 25 heavy (non-hydrogen) atoms. The zero-order chi connectivity index (χ0) is 17.8. The third-order valence-corrected chi connectivity index (χ3v) is 5.18. The lowest BCUT2D eigenvalue weighted by molar-refractivity contribution is 0.184. The van der Waals surface area contributed by atoms with E-state index in [4.69, 9.17) is 9.15 Å². The lowest BCUT2D eigenvalue weighted by atomic mass is 10.2. The molecule has 6 heteroatoms. The Kier molecular flexibility index (Phi) is 5.60. The lowest BCUT2D eigenvalue weighted by Gasteiger charge is -2.08. The molecule has 0 amide bonds. The van der Waals surface area contributed by atoms with Gasteiger partial charge in [-0.1, -0.05) is 30.0 Å². The Morgan fingerprint density at radius 1 is 1.12 bits per heavy atom. The predicted octanol–water partition coefficient (Wildman–Crippen LogP) is 4.40. The second kappa shape index (κ2) is 7.89. The van der Waals surface area contributed by atoms with Crippen LogP contribution in [0.15, 0.2) is 39.9 Å². The first kappa shape index (κ1) is 17.8. The summed E-state index contributed by atoms with van der Waals surface area (Å²) in [4.78, 5) is 9.35. The zero-order valence-corrected chi connectivity index (χ0v) is 15.9. The van der Waals surface area contributed by atoms with Gasteiger partial charge in [-0.15, -0.1) is 0 Å². The Morgan fingerprint density at radius 3 is 2.60 bits per heavy atom. The van der Waals surface area contributed by atoms with Crippen LogP contribution in [-0.2, 0) is 17.0 Å². The van der Waals surface area contributed by atoms with Crippen LogP contribution in [0.3, 0.4) is 0 Å². The molecule has 0 aliphatic heterocycles. The smallest absolute Gasteiger partial charge is 0.226 e. The molecule has 0 unspecified atom stereocenters. The fraction of sp³-hybridized carbons (Fsp3) is 0.368. The van der Waals surface area contributed by atoms with Crippen molar-refractivity contribution in [3.63, 3.8) is 0 Å². The van der Waals surface area contributed by atoms with Crippen molar-refractivity contribution < 1.29 is 9.15 Å². The number of benzene rings is 1. The Hall–Kier alpha value is -2.05. The molecule has 0 saturated carbocycles. The summed E-state index contributed by atoms with van der Waals surface area (Å²) in [5.41, 5.74) is 4.19. The molecule has 0 saturated heterocycles. The van der Waals surface area contributed by atoms with Crippen LogP contribution in [0.2, 0.25) is 0 Å². The third-order valence-electron chi connectivity index (χ3n) is 4.19. The molecule has 5 nitrogen and oxygen atoms in total. The molecule has 0 N–H and O–H groups in total. The van der Waals surface area contributed by atoms with Crippen molar-refractivity contribution in [1.82, 2.24) is 14.5 Å². The minimum absolute atomic E-state index is 0.670. The van der Waals surface area contributed by atoms with Crippen molar-refractivity contribution in [3.05, 3.63) is 53.2 Å². The minimum Gasteiger partial charge on any atom is -0.441 e. The summed E-state index contributed by atoms with van der Waals surface area (Å²) in [6.07, 6.45) is 0. The van der Waals surface area contributed by atoms with Crippen molar-refractivity contribution in [2.45, 2.75) is 38.2 Å². The van der Waals surface area contributed by atoms with Crippen LogP contribution in [0.4, 0.5) is 0 Å². The van der Waals surface area contributed by atoms with Gasteiger partial charge in [0, 0.05) is 30.7 Å². The second-order valence-electron chi connectivity index (χ2n) is 5.89. The number of ether oxygens (including phenoxy) is 1. The fourth-order valence-corrected chi connectivity index (χ4v) is 3.70. The lowest BCUT2D eigenvalue weighted by Crippen LogP contribution is -2.07. The van der Waals surface area contributed by atoms with Crippen molar-refractivity contribution in [2.24, 2.45) is 0 Å². The summed E-state index contributed by atoms with van der Waals surface area (Å²) in [6, 6.07) is 9.97. The molecular weight excluding hydrogens is 334 g/mol. The highest BCUT2D eigenvalue weighted by Crippen LogP contribution is 2.28. The van der Waals surface area contributed by atoms with E-state index in [-0.39, 0.29) is 0 Å². The molecule has 2 aromatic heterocycles. The van der Waals surface area contributed by atoms with Crippen LogP contribution in [-0.4, -0.2) is 28.3 Å². The molecule has 0 aliphatic rings. The maximum atomic E-state index is 5.84. The summed E-state index contributed by atoms with van der Waals surface area (Å²) in [6.45, 7) is 7.57. The molecule has 0 bridgehead atoms. The molecular formula is C19H23N3O2S. The fourth-order valence-electron chi connectivity index (χ4n) is 2.58. The first-order valence-electron chi connectivity index (χ1n) is 8.27. The number of aromatic nitrogens is 3. The van der Waals surface area contributed by atoms with Gasteiger partial charge in [-0.2, -0.15) is 0 Å². The standard InChI is InChI=1S/C19H23N3O2S/c1-13-14(2)22(10-11-23-4)19(20-13)25-12-17-15(3)24-18(21-17)16-8-6-5-7-9-16/h5-9H,10-12H2,1-4H3. The maximum Gasteiger partial charge on any atom is 0.226 e. The molecule has 1 aromatic carbocycles. The van der Waals surface area contributed by atoms with Gasteiger partial charge in [0.25, 0.3) is 0 Å². The minimum atomic E-state index is 0.670. The molecule has 0 atom stereocenters. The number of thioether (sulfide) groups is 1. The molecule has 0 radical (unpaired) electrons. The summed E-state index contributed by atoms with van der Waals surface area (Å²) in [5.74, 6) is 2.25. The van der Waals surface area contributed by atoms with Gasteiger partial charge in [-0.25, -0.2) is 9.97 Å². The van der Waals surface area contributed by atoms with E-state index in [2.05, 4.69) is 21.5 Å². The van der Waals surface area contributed by atoms with E-state index in [0.29, 0.717) is 12.5 Å². The number of imidazole rings is 1. The first-order valence-corrected chi connectivity index (χ1v) is 9.26. The van der Waals surface area contributed by atoms with Gasteiger partial charge in [0.15, 0.2) is 5.16 Å². The number of oxazole rings is 1. The van der Waals surface area contributed by atoms with Crippen LogP contribution in [0.5, 0.6) is 0 Å². The molecule has 0 aliphatic carbocycles. The third kappa shape index (κ3) is 3.96. The predicted molar refractivity (Wildman–Crippen MR) is 99.8 cm³/mol. The van der Waals surface area contributed by atoms with Gasteiger partial charge in [0.1, 0.15) is 5.76 Å². The van der Waals surface area contributed by atoms with Crippen molar-refractivity contribution >= 4 is 11.8 Å². The van der Waals surface area contributed by atoms with Gasteiger partial charge >= 0.3 is 0 Å². The molecule has 3 aromatic rings. The first-order chi connectivity index (χ1) is 12.1. The van der Waals surface area contributed by atoms with Crippen LogP contribution in [0.25, 0.3) is 11.5 Å². The highest BCUT2D eigenvalue weighted by Gasteiger charge is 2.15. The van der Waals surface area contributed by atoms with E-state index in [0.717, 1.165) is 40.2 Å².